The number of hydrogen-bond acceptors (Lipinski definition) is 6. The first-order valence-corrected chi connectivity index (χ1v) is 14.8. The molecule has 0 bridgehead atoms. The molecule has 3 amide bonds. The van der Waals surface area contributed by atoms with Crippen molar-refractivity contribution in [1.29, 1.82) is 0 Å². The summed E-state index contributed by atoms with van der Waals surface area (Å²) in [5.74, 6) is 2.35. The van der Waals surface area contributed by atoms with Crippen LogP contribution in [0.15, 0.2) is 72.8 Å². The Morgan fingerprint density at radius 3 is 2.13 bits per heavy atom. The van der Waals surface area contributed by atoms with Gasteiger partial charge in [0, 0.05) is 23.2 Å². The summed E-state index contributed by atoms with van der Waals surface area (Å²) in [6.45, 7) is 10.8. The van der Waals surface area contributed by atoms with Crippen molar-refractivity contribution < 1.29 is 29.0 Å². The van der Waals surface area contributed by atoms with Gasteiger partial charge < -0.3 is 30.1 Å². The van der Waals surface area contributed by atoms with Crippen LogP contribution >= 0.6 is 0 Å². The zero-order chi connectivity index (χ0) is 33.4. The van der Waals surface area contributed by atoms with Crippen LogP contribution in [-0.4, -0.2) is 52.2 Å². The van der Waals surface area contributed by atoms with E-state index in [1.807, 2.05) is 20.8 Å². The lowest BCUT2D eigenvalue weighted by atomic mass is 9.89. The fraction of sp³-hybridized carbons (Fsp3) is 0.361. The molecule has 0 fully saturated rings. The minimum absolute atomic E-state index is 0.0663. The van der Waals surface area contributed by atoms with Crippen LogP contribution in [0.2, 0.25) is 0 Å². The van der Waals surface area contributed by atoms with Crippen LogP contribution in [0.4, 0.5) is 10.5 Å². The Hall–Kier alpha value is -4.97. The molecule has 9 heteroatoms. The molecule has 0 radical (unpaired) electrons. The number of alkyl carbamates (subject to hydrolysis) is 1. The van der Waals surface area contributed by atoms with Crippen molar-refractivity contribution in [3.8, 4) is 23.8 Å². The molecule has 3 aromatic rings. The van der Waals surface area contributed by atoms with E-state index in [4.69, 9.17) is 15.9 Å². The maximum Gasteiger partial charge on any atom is 0.408 e. The number of aromatic hydroxyl groups is 1. The van der Waals surface area contributed by atoms with Crippen molar-refractivity contribution in [2.24, 2.45) is 0 Å². The van der Waals surface area contributed by atoms with Crippen molar-refractivity contribution >= 4 is 23.6 Å². The average Bonchev–Trinajstić information content (AvgIpc) is 2.99. The number of nitrogens with one attached hydrogen (secondary N) is 2. The number of amides is 3. The minimum atomic E-state index is -1.18. The molecule has 45 heavy (non-hydrogen) atoms. The topological polar surface area (TPSA) is 117 Å². The molecule has 3 N–H and O–H groups in total. The van der Waals surface area contributed by atoms with E-state index >= 15 is 0 Å². The van der Waals surface area contributed by atoms with E-state index in [2.05, 4.69) is 16.6 Å². The molecule has 3 aromatic carbocycles. The monoisotopic (exact) mass is 613 g/mol. The first kappa shape index (κ1) is 34.5. The molecule has 0 aliphatic carbocycles. The summed E-state index contributed by atoms with van der Waals surface area (Å²) < 4.78 is 10.8. The highest BCUT2D eigenvalue weighted by Gasteiger charge is 2.44. The number of ether oxygens (including phenoxy) is 2. The number of carbonyl (C=O) groups is 3. The number of methoxy groups -OCH3 is 1. The van der Waals surface area contributed by atoms with Crippen LogP contribution in [0.5, 0.6) is 11.5 Å². The molecule has 0 aromatic heterocycles. The van der Waals surface area contributed by atoms with Gasteiger partial charge >= 0.3 is 6.09 Å². The van der Waals surface area contributed by atoms with E-state index in [1.165, 1.54) is 17.0 Å². The molecule has 2 atom stereocenters. The van der Waals surface area contributed by atoms with Gasteiger partial charge in [-0.15, -0.1) is 6.42 Å². The summed E-state index contributed by atoms with van der Waals surface area (Å²) in [6.07, 6.45) is 5.66. The van der Waals surface area contributed by atoms with E-state index in [0.29, 0.717) is 34.5 Å². The SMILES string of the molecule is C#Cc1ccccc1C(C(=O)Nc1ccc(OC)cc1)N(C(=O)C(Cc1ccc(O)cc1)NC(=O)OC(C)(C)C)C(C)(C)CC. The number of phenolic OH excluding ortho intramolecular Hbond substituents is 1. The van der Waals surface area contributed by atoms with Crippen LogP contribution in [0, 0.1) is 12.3 Å². The van der Waals surface area contributed by atoms with E-state index < -0.39 is 41.1 Å². The maximum absolute atomic E-state index is 14.8. The van der Waals surface area contributed by atoms with Gasteiger partial charge in [0.15, 0.2) is 0 Å². The van der Waals surface area contributed by atoms with Gasteiger partial charge in [0.05, 0.1) is 7.11 Å². The molecule has 3 rings (SSSR count). The Morgan fingerprint density at radius 2 is 1.58 bits per heavy atom. The van der Waals surface area contributed by atoms with Gasteiger partial charge in [0.25, 0.3) is 5.91 Å². The number of rotatable bonds is 11. The Balaban J connectivity index is 2.17. The minimum Gasteiger partial charge on any atom is -0.508 e. The third-order valence-electron chi connectivity index (χ3n) is 7.40. The number of anilines is 1. The van der Waals surface area contributed by atoms with E-state index in [1.54, 1.807) is 88.5 Å². The number of hydrogen-bond donors (Lipinski definition) is 3. The Morgan fingerprint density at radius 1 is 0.956 bits per heavy atom. The molecule has 2 unspecified atom stereocenters. The highest BCUT2D eigenvalue weighted by molar-refractivity contribution is 5.99. The molecule has 238 valence electrons. The average molecular weight is 614 g/mol. The zero-order valence-corrected chi connectivity index (χ0v) is 27.0. The molecule has 0 heterocycles. The summed E-state index contributed by atoms with van der Waals surface area (Å²) in [7, 11) is 1.55. The van der Waals surface area contributed by atoms with Crippen LogP contribution in [0.1, 0.15) is 70.7 Å². The lowest BCUT2D eigenvalue weighted by molar-refractivity contribution is -0.147. The number of benzene rings is 3. The standard InChI is InChI=1S/C36H43N3O6/c1-9-25-13-11-12-14-29(25)31(32(41)37-26-17-21-28(44-8)22-18-26)39(36(6,7)10-2)33(42)30(38-34(43)45-35(3,4)5)23-24-15-19-27(40)20-16-24/h1,11-22,30-31,40H,10,23H2,2-8H3,(H,37,41)(H,38,43). The molecular formula is C36H43N3O6. The Labute approximate surface area is 265 Å². The highest BCUT2D eigenvalue weighted by Crippen LogP contribution is 2.35. The predicted octanol–water partition coefficient (Wildman–Crippen LogP) is 6.22. The lowest BCUT2D eigenvalue weighted by Crippen LogP contribution is -2.59. The van der Waals surface area contributed by atoms with Crippen molar-refractivity contribution in [3.05, 3.63) is 89.5 Å². The largest absolute Gasteiger partial charge is 0.508 e. The van der Waals surface area contributed by atoms with Crippen LogP contribution in [-0.2, 0) is 20.7 Å². The summed E-state index contributed by atoms with van der Waals surface area (Å²) in [5.41, 5.74) is 0.390. The van der Waals surface area contributed by atoms with Gasteiger partial charge in [-0.3, -0.25) is 9.59 Å². The molecule has 0 aliphatic heterocycles. The van der Waals surface area contributed by atoms with Crippen molar-refractivity contribution in [2.45, 2.75) is 77.6 Å². The normalized spacial score (nSPS) is 12.7. The summed E-state index contributed by atoms with van der Waals surface area (Å²) in [4.78, 5) is 43.7. The maximum atomic E-state index is 14.8. The molecule has 0 saturated heterocycles. The molecule has 0 spiro atoms. The van der Waals surface area contributed by atoms with Crippen molar-refractivity contribution in [1.82, 2.24) is 10.2 Å². The number of nitrogens with zero attached hydrogens (tertiary/aromatic N) is 1. The Bertz CT molecular complexity index is 1520. The van der Waals surface area contributed by atoms with Gasteiger partial charge in [-0.05, 0) is 94.6 Å². The second kappa shape index (κ2) is 14.7. The molecular weight excluding hydrogens is 570 g/mol. The predicted molar refractivity (Wildman–Crippen MR) is 175 cm³/mol. The summed E-state index contributed by atoms with van der Waals surface area (Å²) in [6, 6.07) is 17.9. The van der Waals surface area contributed by atoms with Crippen LogP contribution in [0.25, 0.3) is 0 Å². The zero-order valence-electron chi connectivity index (χ0n) is 27.0. The second-order valence-electron chi connectivity index (χ2n) is 12.3. The first-order chi connectivity index (χ1) is 21.2. The second-order valence-corrected chi connectivity index (χ2v) is 12.3. The molecule has 9 nitrogen and oxygen atoms in total. The Kier molecular flexibility index (Phi) is 11.3. The fourth-order valence-corrected chi connectivity index (χ4v) is 4.78. The first-order valence-electron chi connectivity index (χ1n) is 14.8. The van der Waals surface area contributed by atoms with Gasteiger partial charge in [-0.1, -0.05) is 43.2 Å². The lowest BCUT2D eigenvalue weighted by Gasteiger charge is -2.45. The third-order valence-corrected chi connectivity index (χ3v) is 7.40. The van der Waals surface area contributed by atoms with Gasteiger partial charge in [-0.2, -0.15) is 0 Å². The number of carbonyl (C=O) groups excluding carboxylic acids is 3. The van der Waals surface area contributed by atoms with Crippen molar-refractivity contribution in [3.63, 3.8) is 0 Å². The molecule has 0 aliphatic rings. The quantitative estimate of drug-likeness (QED) is 0.221. The summed E-state index contributed by atoms with van der Waals surface area (Å²) in [5, 5.41) is 15.5. The van der Waals surface area contributed by atoms with E-state index in [9.17, 15) is 19.5 Å². The van der Waals surface area contributed by atoms with Gasteiger partial charge in [-0.25, -0.2) is 4.79 Å². The van der Waals surface area contributed by atoms with Crippen LogP contribution in [0.3, 0.4) is 0 Å². The van der Waals surface area contributed by atoms with Crippen LogP contribution < -0.4 is 15.4 Å². The third kappa shape index (κ3) is 9.26. The highest BCUT2D eigenvalue weighted by atomic mass is 16.6. The number of phenols is 1. The van der Waals surface area contributed by atoms with Gasteiger partial charge in [0.1, 0.15) is 29.2 Å². The molecule has 0 saturated carbocycles. The van der Waals surface area contributed by atoms with E-state index in [0.717, 1.165) is 0 Å². The summed E-state index contributed by atoms with van der Waals surface area (Å²) >= 11 is 0. The smallest absolute Gasteiger partial charge is 0.408 e. The van der Waals surface area contributed by atoms with E-state index in [-0.39, 0.29) is 12.2 Å². The fourth-order valence-electron chi connectivity index (χ4n) is 4.78. The number of terminal acetylenes is 1. The van der Waals surface area contributed by atoms with Crippen molar-refractivity contribution in [2.75, 3.05) is 12.4 Å². The van der Waals surface area contributed by atoms with Gasteiger partial charge in [0.2, 0.25) is 5.91 Å².